The first-order valence-electron chi connectivity index (χ1n) is 13.5. The predicted octanol–water partition coefficient (Wildman–Crippen LogP) is 5.37. The average molecular weight is 562 g/mol. The standard InChI is InChI=1S/C30H36FN7O3/c1-6-38-25-13-12-21(15-20(25)17-33-38)35-27-22(26(32)39)16-23(31)28(37-27)36-24(14-19-10-8-7-9-11-19)18(2)34-29(40)41-30(3,4)5/h7-13,15-18,24H,6,14H2,1-5H3,(H2,32,39)(H,34,40)(H2,35,36,37)/t18-,24+/m0/s1. The number of aryl methyl sites for hydroxylation is 1. The molecule has 0 bridgehead atoms. The summed E-state index contributed by atoms with van der Waals surface area (Å²) < 4.78 is 22.6. The number of nitrogens with zero attached hydrogens (tertiary/aromatic N) is 3. The van der Waals surface area contributed by atoms with E-state index in [-0.39, 0.29) is 17.2 Å². The molecule has 10 nitrogen and oxygen atoms in total. The summed E-state index contributed by atoms with van der Waals surface area (Å²) >= 11 is 0. The Morgan fingerprint density at radius 2 is 1.83 bits per heavy atom. The SMILES string of the molecule is CCn1ncc2cc(Nc3nc(N[C@H](Cc4ccccc4)[C@H](C)NC(=O)OC(C)(C)C)c(F)cc3C(N)=O)ccc21. The first-order chi connectivity index (χ1) is 19.4. The summed E-state index contributed by atoms with van der Waals surface area (Å²) in [6.07, 6.45) is 1.60. The van der Waals surface area contributed by atoms with E-state index in [1.54, 1.807) is 33.9 Å². The van der Waals surface area contributed by atoms with Gasteiger partial charge in [-0.05, 0) is 70.9 Å². The van der Waals surface area contributed by atoms with E-state index in [9.17, 15) is 9.59 Å². The molecule has 4 rings (SSSR count). The van der Waals surface area contributed by atoms with Crippen LogP contribution in [-0.4, -0.2) is 44.4 Å². The zero-order chi connectivity index (χ0) is 29.7. The van der Waals surface area contributed by atoms with Crippen molar-refractivity contribution in [1.82, 2.24) is 20.1 Å². The molecule has 0 aliphatic rings. The number of carbonyl (C=O) groups excluding carboxylic acids is 2. The van der Waals surface area contributed by atoms with E-state index in [1.807, 2.05) is 60.1 Å². The molecule has 216 valence electrons. The Morgan fingerprint density at radius 1 is 1.10 bits per heavy atom. The number of benzene rings is 2. The maximum atomic E-state index is 15.3. The van der Waals surface area contributed by atoms with Crippen LogP contribution in [0.5, 0.6) is 0 Å². The van der Waals surface area contributed by atoms with Gasteiger partial charge in [-0.1, -0.05) is 30.3 Å². The van der Waals surface area contributed by atoms with E-state index in [0.29, 0.717) is 12.1 Å². The number of primary amides is 1. The molecule has 4 aromatic rings. The minimum Gasteiger partial charge on any atom is -0.444 e. The molecule has 2 atom stereocenters. The number of amides is 2. The summed E-state index contributed by atoms with van der Waals surface area (Å²) in [4.78, 5) is 29.2. The second-order valence-corrected chi connectivity index (χ2v) is 10.8. The number of nitrogens with two attached hydrogens (primary N) is 1. The molecule has 2 aromatic carbocycles. The van der Waals surface area contributed by atoms with Crippen molar-refractivity contribution in [3.05, 3.63) is 77.7 Å². The molecule has 2 amide bonds. The van der Waals surface area contributed by atoms with Gasteiger partial charge in [-0.3, -0.25) is 9.48 Å². The summed E-state index contributed by atoms with van der Waals surface area (Å²) in [5.41, 5.74) is 7.35. The topological polar surface area (TPSA) is 136 Å². The number of aromatic nitrogens is 3. The van der Waals surface area contributed by atoms with Crippen LogP contribution in [-0.2, 0) is 17.7 Å². The molecule has 0 radical (unpaired) electrons. The number of alkyl carbamates (subject to hydrolysis) is 1. The molecule has 0 aliphatic heterocycles. The number of nitrogens with one attached hydrogen (secondary N) is 3. The minimum absolute atomic E-state index is 0.0925. The first-order valence-corrected chi connectivity index (χ1v) is 13.5. The highest BCUT2D eigenvalue weighted by molar-refractivity contribution is 5.99. The van der Waals surface area contributed by atoms with Crippen LogP contribution < -0.4 is 21.7 Å². The van der Waals surface area contributed by atoms with Crippen LogP contribution in [0.4, 0.5) is 26.5 Å². The number of halogens is 1. The Morgan fingerprint density at radius 3 is 2.49 bits per heavy atom. The van der Waals surface area contributed by atoms with E-state index in [0.717, 1.165) is 29.1 Å². The summed E-state index contributed by atoms with van der Waals surface area (Å²) in [6.45, 7) is 9.85. The third-order valence-corrected chi connectivity index (χ3v) is 6.41. The average Bonchev–Trinajstić information content (AvgIpc) is 3.31. The summed E-state index contributed by atoms with van der Waals surface area (Å²) in [5, 5.41) is 14.3. The van der Waals surface area contributed by atoms with Crippen molar-refractivity contribution in [3.63, 3.8) is 0 Å². The number of ether oxygens (including phenoxy) is 1. The van der Waals surface area contributed by atoms with Crippen LogP contribution in [0.15, 0.2) is 60.8 Å². The van der Waals surface area contributed by atoms with Crippen LogP contribution in [0.2, 0.25) is 0 Å². The number of hydrogen-bond acceptors (Lipinski definition) is 7. The van der Waals surface area contributed by atoms with Gasteiger partial charge in [-0.2, -0.15) is 5.10 Å². The van der Waals surface area contributed by atoms with Crippen LogP contribution in [0.1, 0.15) is 50.5 Å². The Balaban J connectivity index is 1.64. The second-order valence-electron chi connectivity index (χ2n) is 10.8. The van der Waals surface area contributed by atoms with E-state index in [2.05, 4.69) is 26.0 Å². The number of anilines is 3. The number of pyridine rings is 1. The van der Waals surface area contributed by atoms with Gasteiger partial charge in [0.05, 0.1) is 23.3 Å². The Bertz CT molecular complexity index is 1530. The Hall–Kier alpha value is -4.67. The lowest BCUT2D eigenvalue weighted by Gasteiger charge is -2.28. The second kappa shape index (κ2) is 12.2. The van der Waals surface area contributed by atoms with Crippen molar-refractivity contribution < 1.29 is 18.7 Å². The molecule has 0 unspecified atom stereocenters. The molecule has 2 aromatic heterocycles. The highest BCUT2D eigenvalue weighted by Gasteiger charge is 2.25. The third kappa shape index (κ3) is 7.50. The van der Waals surface area contributed by atoms with Crippen molar-refractivity contribution in [2.24, 2.45) is 5.73 Å². The lowest BCUT2D eigenvalue weighted by molar-refractivity contribution is 0.0503. The molecule has 0 saturated heterocycles. The van der Waals surface area contributed by atoms with Crippen LogP contribution in [0, 0.1) is 5.82 Å². The molecular formula is C30H36FN7O3. The van der Waals surface area contributed by atoms with Crippen LogP contribution >= 0.6 is 0 Å². The zero-order valence-electron chi connectivity index (χ0n) is 23.9. The summed E-state index contributed by atoms with van der Waals surface area (Å²) in [7, 11) is 0. The maximum absolute atomic E-state index is 15.3. The summed E-state index contributed by atoms with van der Waals surface area (Å²) in [5.74, 6) is -1.59. The Labute approximate surface area is 238 Å². The zero-order valence-corrected chi connectivity index (χ0v) is 23.9. The van der Waals surface area contributed by atoms with Crippen molar-refractivity contribution in [3.8, 4) is 0 Å². The maximum Gasteiger partial charge on any atom is 0.407 e. The van der Waals surface area contributed by atoms with Gasteiger partial charge in [-0.15, -0.1) is 0 Å². The molecule has 0 aliphatic carbocycles. The fraction of sp³-hybridized carbons (Fsp3) is 0.333. The fourth-order valence-electron chi connectivity index (χ4n) is 4.42. The quantitative estimate of drug-likeness (QED) is 0.204. The van der Waals surface area contributed by atoms with E-state index >= 15 is 4.39 Å². The normalized spacial score (nSPS) is 12.9. The minimum atomic E-state index is -0.828. The van der Waals surface area contributed by atoms with Crippen LogP contribution in [0.25, 0.3) is 10.9 Å². The fourth-order valence-corrected chi connectivity index (χ4v) is 4.42. The lowest BCUT2D eigenvalue weighted by Crippen LogP contribution is -2.47. The molecule has 0 fully saturated rings. The number of hydrogen-bond donors (Lipinski definition) is 4. The van der Waals surface area contributed by atoms with Crippen molar-refractivity contribution in [2.45, 2.75) is 65.3 Å². The van der Waals surface area contributed by atoms with Gasteiger partial charge >= 0.3 is 6.09 Å². The van der Waals surface area contributed by atoms with Gasteiger partial charge in [0.15, 0.2) is 11.6 Å². The number of rotatable bonds is 10. The van der Waals surface area contributed by atoms with Gasteiger partial charge in [0.2, 0.25) is 0 Å². The van der Waals surface area contributed by atoms with Crippen LogP contribution in [0.3, 0.4) is 0 Å². The molecular weight excluding hydrogens is 525 g/mol. The molecule has 41 heavy (non-hydrogen) atoms. The first kappa shape index (κ1) is 29.3. The van der Waals surface area contributed by atoms with Crippen molar-refractivity contribution in [1.29, 1.82) is 0 Å². The van der Waals surface area contributed by atoms with E-state index in [4.69, 9.17) is 10.5 Å². The molecule has 0 spiro atoms. The monoisotopic (exact) mass is 561 g/mol. The van der Waals surface area contributed by atoms with Gasteiger partial charge in [0.1, 0.15) is 11.4 Å². The van der Waals surface area contributed by atoms with Crippen molar-refractivity contribution in [2.75, 3.05) is 10.6 Å². The largest absolute Gasteiger partial charge is 0.444 e. The van der Waals surface area contributed by atoms with Crippen molar-refractivity contribution >= 4 is 40.2 Å². The highest BCUT2D eigenvalue weighted by atomic mass is 19.1. The lowest BCUT2D eigenvalue weighted by atomic mass is 10.00. The molecule has 0 saturated carbocycles. The highest BCUT2D eigenvalue weighted by Crippen LogP contribution is 2.27. The molecule has 2 heterocycles. The van der Waals surface area contributed by atoms with Gasteiger partial charge in [0, 0.05) is 23.7 Å². The number of carbonyl (C=O) groups is 2. The molecule has 11 heteroatoms. The predicted molar refractivity (Wildman–Crippen MR) is 158 cm³/mol. The Kier molecular flexibility index (Phi) is 8.75. The van der Waals surface area contributed by atoms with E-state index in [1.165, 1.54) is 0 Å². The van der Waals surface area contributed by atoms with Gasteiger partial charge in [0.25, 0.3) is 5.91 Å². The van der Waals surface area contributed by atoms with Gasteiger partial charge in [-0.25, -0.2) is 14.2 Å². The third-order valence-electron chi connectivity index (χ3n) is 6.41. The smallest absolute Gasteiger partial charge is 0.407 e. The van der Waals surface area contributed by atoms with E-state index < -0.39 is 35.5 Å². The number of fused-ring (bicyclic) bond motifs is 1. The van der Waals surface area contributed by atoms with Gasteiger partial charge < -0.3 is 26.4 Å². The summed E-state index contributed by atoms with van der Waals surface area (Å²) in [6, 6.07) is 15.3. The molecule has 5 N–H and O–H groups in total.